The van der Waals surface area contributed by atoms with E-state index in [1.165, 1.54) is 0 Å². The second-order valence-corrected chi connectivity index (χ2v) is 7.96. The Morgan fingerprint density at radius 2 is 2.07 bits per heavy atom. The largest absolute Gasteiger partial charge is 0.486 e. The lowest BCUT2D eigenvalue weighted by atomic mass is 10.2. The molecule has 1 aromatic rings. The molecule has 0 bridgehead atoms. The topological polar surface area (TPSA) is 67.4 Å². The van der Waals surface area contributed by atoms with Gasteiger partial charge in [0, 0.05) is 39.8 Å². The lowest BCUT2D eigenvalue weighted by molar-refractivity contribution is -0.0284. The molecule has 1 unspecified atom stereocenters. The Hall–Kier alpha value is -1.70. The molecule has 0 aliphatic carbocycles. The van der Waals surface area contributed by atoms with E-state index in [1.807, 2.05) is 12.1 Å². The zero-order valence-electron chi connectivity index (χ0n) is 17.0. The number of fused-ring (bicyclic) bond motifs is 1. The molecule has 1 atom stereocenters. The third-order valence-electron chi connectivity index (χ3n) is 4.68. The van der Waals surface area contributed by atoms with Gasteiger partial charge in [0.1, 0.15) is 13.2 Å². The van der Waals surface area contributed by atoms with Gasteiger partial charge >= 0.3 is 0 Å². The van der Waals surface area contributed by atoms with Crippen molar-refractivity contribution in [2.75, 3.05) is 53.0 Å². The van der Waals surface area contributed by atoms with Crippen LogP contribution in [0.5, 0.6) is 11.5 Å². The number of hydrogen-bond acceptors (Lipinski definition) is 5. The van der Waals surface area contributed by atoms with Crippen LogP contribution < -0.4 is 20.1 Å². The Morgan fingerprint density at radius 3 is 2.86 bits per heavy atom. The fourth-order valence-corrected chi connectivity index (χ4v) is 3.76. The van der Waals surface area contributed by atoms with Gasteiger partial charge in [0.15, 0.2) is 17.5 Å². The van der Waals surface area contributed by atoms with Gasteiger partial charge in [-0.2, -0.15) is 0 Å². The number of guanidine groups is 1. The van der Waals surface area contributed by atoms with Crippen molar-refractivity contribution in [3.05, 3.63) is 22.7 Å². The number of nitrogens with zero attached hydrogens (tertiary/aromatic N) is 2. The molecular formula is C20H31ClN4O3. The van der Waals surface area contributed by atoms with Crippen molar-refractivity contribution in [1.82, 2.24) is 15.5 Å². The summed E-state index contributed by atoms with van der Waals surface area (Å²) in [7, 11) is 1.76. The number of ether oxygens (including phenoxy) is 3. The van der Waals surface area contributed by atoms with E-state index in [0.29, 0.717) is 42.2 Å². The Bertz CT molecular complexity index is 684. The van der Waals surface area contributed by atoms with E-state index in [9.17, 15) is 0 Å². The molecule has 0 radical (unpaired) electrons. The van der Waals surface area contributed by atoms with Crippen LogP contribution in [0.3, 0.4) is 0 Å². The number of rotatable bonds is 6. The van der Waals surface area contributed by atoms with Gasteiger partial charge in [0.25, 0.3) is 0 Å². The third-order valence-corrected chi connectivity index (χ3v) is 4.96. The maximum atomic E-state index is 6.31. The molecule has 7 nitrogen and oxygen atoms in total. The Labute approximate surface area is 172 Å². The number of morpholine rings is 1. The Kier molecular flexibility index (Phi) is 7.65. The van der Waals surface area contributed by atoms with Crippen LogP contribution in [0.25, 0.3) is 0 Å². The average Bonchev–Trinajstić information content (AvgIpc) is 2.68. The van der Waals surface area contributed by atoms with E-state index in [1.54, 1.807) is 7.05 Å². The van der Waals surface area contributed by atoms with Crippen molar-refractivity contribution in [3.63, 3.8) is 0 Å². The molecule has 1 fully saturated rings. The molecule has 2 aliphatic heterocycles. The maximum Gasteiger partial charge on any atom is 0.191 e. The molecule has 2 N–H and O–H groups in total. The molecule has 2 heterocycles. The molecule has 0 saturated carbocycles. The third kappa shape index (κ3) is 5.90. The van der Waals surface area contributed by atoms with Gasteiger partial charge in [-0.25, -0.2) is 0 Å². The number of aliphatic imine (C=N–C) groups is 1. The summed E-state index contributed by atoms with van der Waals surface area (Å²) >= 11 is 6.31. The van der Waals surface area contributed by atoms with Crippen LogP contribution >= 0.6 is 11.6 Å². The van der Waals surface area contributed by atoms with E-state index in [2.05, 4.69) is 34.4 Å². The molecule has 1 aromatic carbocycles. The van der Waals surface area contributed by atoms with Gasteiger partial charge in [-0.05, 0) is 23.6 Å². The summed E-state index contributed by atoms with van der Waals surface area (Å²) in [5.74, 6) is 2.72. The van der Waals surface area contributed by atoms with Crippen molar-refractivity contribution in [2.45, 2.75) is 26.5 Å². The first-order valence-electron chi connectivity index (χ1n) is 9.91. The van der Waals surface area contributed by atoms with E-state index in [-0.39, 0.29) is 6.10 Å². The van der Waals surface area contributed by atoms with Crippen LogP contribution in [0.1, 0.15) is 19.4 Å². The van der Waals surface area contributed by atoms with Crippen LogP contribution in [0.15, 0.2) is 17.1 Å². The summed E-state index contributed by atoms with van der Waals surface area (Å²) in [5.41, 5.74) is 1.01. The minimum absolute atomic E-state index is 0.162. The average molecular weight is 411 g/mol. The van der Waals surface area contributed by atoms with Gasteiger partial charge < -0.3 is 24.8 Å². The number of nitrogens with one attached hydrogen (secondary N) is 2. The van der Waals surface area contributed by atoms with Gasteiger partial charge in [-0.1, -0.05) is 25.4 Å². The number of benzene rings is 1. The highest BCUT2D eigenvalue weighted by molar-refractivity contribution is 6.32. The Morgan fingerprint density at radius 1 is 1.25 bits per heavy atom. The normalized spacial score (nSPS) is 20.3. The van der Waals surface area contributed by atoms with Crippen LogP contribution in [-0.2, 0) is 11.3 Å². The highest BCUT2D eigenvalue weighted by atomic mass is 35.5. The lowest BCUT2D eigenvalue weighted by Gasteiger charge is -2.34. The molecular weight excluding hydrogens is 380 g/mol. The predicted molar refractivity (Wildman–Crippen MR) is 112 cm³/mol. The molecule has 8 heteroatoms. The number of halogens is 1. The zero-order valence-corrected chi connectivity index (χ0v) is 17.7. The molecule has 0 amide bonds. The van der Waals surface area contributed by atoms with Gasteiger partial charge in [0.2, 0.25) is 0 Å². The smallest absolute Gasteiger partial charge is 0.191 e. The van der Waals surface area contributed by atoms with E-state index >= 15 is 0 Å². The standard InChI is InChI=1S/C20H31ClN4O3/c1-14(2)12-25-4-5-26-16(13-25)11-24-20(22-3)23-10-15-8-17(21)19-18(9-15)27-6-7-28-19/h8-9,14,16H,4-7,10-13H2,1-3H3,(H2,22,23,24). The maximum absolute atomic E-state index is 6.31. The molecule has 0 aromatic heterocycles. The summed E-state index contributed by atoms with van der Waals surface area (Å²) < 4.78 is 17.1. The minimum Gasteiger partial charge on any atom is -0.486 e. The number of hydrogen-bond donors (Lipinski definition) is 2. The van der Waals surface area contributed by atoms with Crippen molar-refractivity contribution in [3.8, 4) is 11.5 Å². The first-order chi connectivity index (χ1) is 13.5. The van der Waals surface area contributed by atoms with Crippen molar-refractivity contribution < 1.29 is 14.2 Å². The summed E-state index contributed by atoms with van der Waals surface area (Å²) in [6.45, 7) is 10.7. The summed E-state index contributed by atoms with van der Waals surface area (Å²) in [5, 5.41) is 7.24. The first kappa shape index (κ1) is 21.0. The van der Waals surface area contributed by atoms with Crippen molar-refractivity contribution >= 4 is 17.6 Å². The molecule has 3 rings (SSSR count). The molecule has 156 valence electrons. The summed E-state index contributed by atoms with van der Waals surface area (Å²) in [6.07, 6.45) is 0.162. The highest BCUT2D eigenvalue weighted by Gasteiger charge is 2.21. The molecule has 28 heavy (non-hydrogen) atoms. The highest BCUT2D eigenvalue weighted by Crippen LogP contribution is 2.38. The van der Waals surface area contributed by atoms with Gasteiger partial charge in [-0.15, -0.1) is 0 Å². The predicted octanol–water partition coefficient (Wildman–Crippen LogP) is 2.13. The van der Waals surface area contributed by atoms with Crippen LogP contribution in [0.4, 0.5) is 0 Å². The van der Waals surface area contributed by atoms with Gasteiger partial charge in [-0.3, -0.25) is 9.89 Å². The Balaban J connectivity index is 1.48. The summed E-state index contributed by atoms with van der Waals surface area (Å²) in [6, 6.07) is 3.85. The molecule has 0 spiro atoms. The van der Waals surface area contributed by atoms with Crippen molar-refractivity contribution in [2.24, 2.45) is 10.9 Å². The lowest BCUT2D eigenvalue weighted by Crippen LogP contribution is -2.50. The fourth-order valence-electron chi connectivity index (χ4n) is 3.47. The zero-order chi connectivity index (χ0) is 19.9. The summed E-state index contributed by atoms with van der Waals surface area (Å²) in [4.78, 5) is 6.77. The first-order valence-corrected chi connectivity index (χ1v) is 10.3. The van der Waals surface area contributed by atoms with Crippen LogP contribution in [-0.4, -0.2) is 70.0 Å². The SMILES string of the molecule is CN=C(NCc1cc(Cl)c2c(c1)OCCO2)NCC1CN(CC(C)C)CCO1. The quantitative estimate of drug-likeness (QED) is 0.553. The van der Waals surface area contributed by atoms with Crippen molar-refractivity contribution in [1.29, 1.82) is 0 Å². The second-order valence-electron chi connectivity index (χ2n) is 7.55. The molecule has 1 saturated heterocycles. The minimum atomic E-state index is 0.162. The van der Waals surface area contributed by atoms with Crippen LogP contribution in [0.2, 0.25) is 5.02 Å². The van der Waals surface area contributed by atoms with E-state index < -0.39 is 0 Å². The van der Waals surface area contributed by atoms with E-state index in [0.717, 1.165) is 44.3 Å². The molecule has 2 aliphatic rings. The van der Waals surface area contributed by atoms with Gasteiger partial charge in [0.05, 0.1) is 17.7 Å². The van der Waals surface area contributed by atoms with E-state index in [4.69, 9.17) is 25.8 Å². The fraction of sp³-hybridized carbons (Fsp3) is 0.650. The second kappa shape index (κ2) is 10.2. The monoisotopic (exact) mass is 410 g/mol. The van der Waals surface area contributed by atoms with Crippen LogP contribution in [0, 0.1) is 5.92 Å².